The monoisotopic (exact) mass is 575 g/mol. The number of rotatable bonds is 7. The van der Waals surface area contributed by atoms with E-state index in [4.69, 9.17) is 0 Å². The van der Waals surface area contributed by atoms with Gasteiger partial charge in [0.15, 0.2) is 0 Å². The molecule has 2 aromatic carbocycles. The van der Waals surface area contributed by atoms with Crippen LogP contribution in [0.2, 0.25) is 0 Å². The van der Waals surface area contributed by atoms with E-state index in [0.717, 1.165) is 10.5 Å². The summed E-state index contributed by atoms with van der Waals surface area (Å²) in [4.78, 5) is 57.7. The number of anilines is 1. The van der Waals surface area contributed by atoms with Crippen LogP contribution < -0.4 is 10.6 Å². The number of thioether (sulfide) groups is 1. The molecule has 0 radical (unpaired) electrons. The van der Waals surface area contributed by atoms with Crippen molar-refractivity contribution in [2.45, 2.75) is 69.0 Å². The van der Waals surface area contributed by atoms with E-state index in [0.29, 0.717) is 17.7 Å². The Bertz CT molecular complexity index is 1400. The summed E-state index contributed by atoms with van der Waals surface area (Å²) in [5.74, 6) is -1.42. The fourth-order valence-corrected chi connectivity index (χ4v) is 6.10. The zero-order chi connectivity index (χ0) is 30.1. The quantitative estimate of drug-likeness (QED) is 0.484. The number of nitriles is 1. The molecule has 4 rings (SSSR count). The van der Waals surface area contributed by atoms with Gasteiger partial charge in [0.1, 0.15) is 18.1 Å². The Morgan fingerprint density at radius 1 is 1.20 bits per heavy atom. The van der Waals surface area contributed by atoms with Crippen LogP contribution in [0.4, 0.5) is 5.69 Å². The summed E-state index contributed by atoms with van der Waals surface area (Å²) >= 11 is 1.57. The minimum atomic E-state index is -1.02. The zero-order valence-electron chi connectivity index (χ0n) is 24.4. The van der Waals surface area contributed by atoms with Gasteiger partial charge in [0, 0.05) is 36.2 Å². The van der Waals surface area contributed by atoms with Crippen LogP contribution in [0.1, 0.15) is 56.5 Å². The first-order valence-electron chi connectivity index (χ1n) is 13.6. The van der Waals surface area contributed by atoms with Gasteiger partial charge in [-0.1, -0.05) is 39.0 Å². The molecule has 10 heteroatoms. The molecule has 2 N–H and O–H groups in total. The summed E-state index contributed by atoms with van der Waals surface area (Å²) in [7, 11) is 1.55. The van der Waals surface area contributed by atoms with Gasteiger partial charge < -0.3 is 20.4 Å². The molecule has 4 atom stereocenters. The second-order valence-electron chi connectivity index (χ2n) is 12.1. The molecule has 1 spiro atoms. The van der Waals surface area contributed by atoms with Gasteiger partial charge in [-0.25, -0.2) is 0 Å². The van der Waals surface area contributed by atoms with E-state index in [-0.39, 0.29) is 36.1 Å². The Balaban J connectivity index is 1.56. The van der Waals surface area contributed by atoms with Gasteiger partial charge in [0.05, 0.1) is 11.5 Å². The van der Waals surface area contributed by atoms with Crippen molar-refractivity contribution in [1.29, 1.82) is 5.26 Å². The molecule has 2 aliphatic rings. The van der Waals surface area contributed by atoms with Crippen LogP contribution in [0, 0.1) is 16.7 Å². The molecular formula is C31H37N5O4S. The Kier molecular flexibility index (Phi) is 8.50. The highest BCUT2D eigenvalue weighted by atomic mass is 32.2. The fourth-order valence-electron chi connectivity index (χ4n) is 5.69. The van der Waals surface area contributed by atoms with Crippen molar-refractivity contribution in [2.75, 3.05) is 25.2 Å². The number of fused-ring (bicyclic) bond motifs is 2. The van der Waals surface area contributed by atoms with E-state index in [2.05, 4.69) is 16.7 Å². The van der Waals surface area contributed by atoms with Crippen LogP contribution >= 0.6 is 11.8 Å². The number of nitrogens with one attached hydrogen (secondary N) is 2. The lowest BCUT2D eigenvalue weighted by molar-refractivity contribution is -0.146. The molecule has 2 aromatic rings. The van der Waals surface area contributed by atoms with Crippen LogP contribution in [0.25, 0.3) is 0 Å². The highest BCUT2D eigenvalue weighted by molar-refractivity contribution is 7.98. The van der Waals surface area contributed by atoms with E-state index < -0.39 is 29.4 Å². The van der Waals surface area contributed by atoms with Crippen molar-refractivity contribution in [3.8, 4) is 6.07 Å². The van der Waals surface area contributed by atoms with Crippen molar-refractivity contribution < 1.29 is 19.2 Å². The van der Waals surface area contributed by atoms with Gasteiger partial charge in [-0.2, -0.15) is 5.26 Å². The standard InChI is InChI=1S/C31H37N5O4S/c1-19(33-26(37)20-11-13-22(41-6)14-12-20)27(38)35(5)25(16-30(2,3)4)28(39)36-18-31(15-21(36)17-32)23-9-7-8-10-24(23)34-29(31)40/h7-14,19,21,25H,15-16,18H2,1-6H3,(H,33,37)(H,34,40)/t19-,21-,25-,31-/m0/s1. The van der Waals surface area contributed by atoms with Crippen molar-refractivity contribution in [3.05, 3.63) is 59.7 Å². The molecule has 4 amide bonds. The first-order chi connectivity index (χ1) is 19.3. The number of carbonyl (C=O) groups is 4. The van der Waals surface area contributed by atoms with Crippen molar-refractivity contribution in [2.24, 2.45) is 5.41 Å². The van der Waals surface area contributed by atoms with Crippen LogP contribution in [0.15, 0.2) is 53.4 Å². The lowest BCUT2D eigenvalue weighted by Crippen LogP contribution is -2.56. The first-order valence-corrected chi connectivity index (χ1v) is 14.9. The summed E-state index contributed by atoms with van der Waals surface area (Å²) in [6.45, 7) is 7.57. The summed E-state index contributed by atoms with van der Waals surface area (Å²) in [5, 5.41) is 15.7. The minimum absolute atomic E-state index is 0.0495. The maximum absolute atomic E-state index is 14.2. The van der Waals surface area contributed by atoms with Gasteiger partial charge in [-0.05, 0) is 60.9 Å². The average Bonchev–Trinajstić information content (AvgIpc) is 3.47. The largest absolute Gasteiger partial charge is 0.341 e. The predicted molar refractivity (Wildman–Crippen MR) is 158 cm³/mol. The Labute approximate surface area is 245 Å². The molecular weight excluding hydrogens is 538 g/mol. The SMILES string of the molecule is CSc1ccc(C(=O)N[C@@H](C)C(=O)N(C)[C@@H](CC(C)(C)C)C(=O)N2C[C@]3(C[C@H]2C#N)C(=O)Nc2ccccc23)cc1. The minimum Gasteiger partial charge on any atom is -0.341 e. The molecule has 1 saturated heterocycles. The summed E-state index contributed by atoms with van der Waals surface area (Å²) in [5.41, 5.74) is 0.544. The number of likely N-dealkylation sites (tertiary alicyclic amines) is 1. The van der Waals surface area contributed by atoms with Crippen molar-refractivity contribution in [1.82, 2.24) is 15.1 Å². The van der Waals surface area contributed by atoms with Crippen molar-refractivity contribution in [3.63, 3.8) is 0 Å². The van der Waals surface area contributed by atoms with Gasteiger partial charge in [-0.15, -0.1) is 11.8 Å². The third-order valence-electron chi connectivity index (χ3n) is 7.89. The topological polar surface area (TPSA) is 123 Å². The molecule has 0 unspecified atom stereocenters. The number of nitrogens with zero attached hydrogens (tertiary/aromatic N) is 3. The van der Waals surface area contributed by atoms with Crippen LogP contribution in [-0.4, -0.2) is 71.4 Å². The highest BCUT2D eigenvalue weighted by Crippen LogP contribution is 2.46. The number of amides is 4. The van der Waals surface area contributed by atoms with E-state index in [9.17, 15) is 24.4 Å². The van der Waals surface area contributed by atoms with Crippen LogP contribution in [0.5, 0.6) is 0 Å². The molecule has 216 valence electrons. The Morgan fingerprint density at radius 3 is 2.46 bits per heavy atom. The van der Waals surface area contributed by atoms with Gasteiger partial charge in [-0.3, -0.25) is 19.2 Å². The molecule has 2 aliphatic heterocycles. The van der Waals surface area contributed by atoms with Crippen LogP contribution in [-0.2, 0) is 19.8 Å². The molecule has 41 heavy (non-hydrogen) atoms. The molecule has 1 fully saturated rings. The Hall–Kier alpha value is -3.84. The highest BCUT2D eigenvalue weighted by Gasteiger charge is 2.56. The Morgan fingerprint density at radius 2 is 1.85 bits per heavy atom. The normalized spacial score (nSPS) is 21.0. The van der Waals surface area contributed by atoms with E-state index in [1.54, 1.807) is 37.9 Å². The van der Waals surface area contributed by atoms with E-state index in [1.165, 1.54) is 9.80 Å². The summed E-state index contributed by atoms with van der Waals surface area (Å²) < 4.78 is 0. The fraction of sp³-hybridized carbons (Fsp3) is 0.452. The number of likely N-dealkylation sites (N-methyl/N-ethyl adjacent to an activating group) is 1. The van der Waals surface area contributed by atoms with Crippen LogP contribution in [0.3, 0.4) is 0 Å². The molecule has 0 bridgehead atoms. The maximum atomic E-state index is 14.2. The second kappa shape index (κ2) is 11.6. The molecule has 0 aromatic heterocycles. The van der Waals surface area contributed by atoms with Gasteiger partial charge in [0.2, 0.25) is 17.7 Å². The molecule has 9 nitrogen and oxygen atoms in total. The third-order valence-corrected chi connectivity index (χ3v) is 8.64. The molecule has 2 heterocycles. The molecule has 0 aliphatic carbocycles. The first kappa shape index (κ1) is 30.1. The van der Waals surface area contributed by atoms with Gasteiger partial charge in [0.25, 0.3) is 5.91 Å². The predicted octanol–water partition coefficient (Wildman–Crippen LogP) is 3.80. The van der Waals surface area contributed by atoms with Crippen molar-refractivity contribution >= 4 is 41.1 Å². The number of para-hydroxylation sites is 1. The lowest BCUT2D eigenvalue weighted by Gasteiger charge is -2.36. The maximum Gasteiger partial charge on any atom is 0.251 e. The molecule has 0 saturated carbocycles. The third kappa shape index (κ3) is 5.96. The number of benzene rings is 2. The smallest absolute Gasteiger partial charge is 0.251 e. The lowest BCUT2D eigenvalue weighted by atomic mass is 9.80. The number of hydrogen-bond acceptors (Lipinski definition) is 6. The van der Waals surface area contributed by atoms with E-state index >= 15 is 0 Å². The summed E-state index contributed by atoms with van der Waals surface area (Å²) in [6.07, 6.45) is 2.46. The summed E-state index contributed by atoms with van der Waals surface area (Å²) in [6, 6.07) is 14.0. The van der Waals surface area contributed by atoms with E-state index in [1.807, 2.05) is 63.4 Å². The van der Waals surface area contributed by atoms with Gasteiger partial charge >= 0.3 is 0 Å². The zero-order valence-corrected chi connectivity index (χ0v) is 25.2. The number of carbonyl (C=O) groups excluding carboxylic acids is 4. The second-order valence-corrected chi connectivity index (χ2v) is 12.9. The average molecular weight is 576 g/mol. The number of hydrogen-bond donors (Lipinski definition) is 2.